The summed E-state index contributed by atoms with van der Waals surface area (Å²) in [6.07, 6.45) is 16.5. The number of anilines is 1. The molecule has 0 fully saturated rings. The Morgan fingerprint density at radius 2 is 1.84 bits per heavy atom. The van der Waals surface area contributed by atoms with Crippen molar-refractivity contribution in [3.63, 3.8) is 0 Å². The largest absolute Gasteiger partial charge is 0.385 e. The van der Waals surface area contributed by atoms with Crippen molar-refractivity contribution in [1.29, 1.82) is 0 Å². The maximum Gasteiger partial charge on any atom is 0.164 e. The summed E-state index contributed by atoms with van der Waals surface area (Å²) in [7, 11) is 0. The number of rotatable bonds is 13. The van der Waals surface area contributed by atoms with Crippen LogP contribution in [0.2, 0.25) is 0 Å². The summed E-state index contributed by atoms with van der Waals surface area (Å²) in [5.41, 5.74) is 3.89. The van der Waals surface area contributed by atoms with E-state index in [2.05, 4.69) is 44.3 Å². The fourth-order valence-electron chi connectivity index (χ4n) is 4.01. The van der Waals surface area contributed by atoms with Crippen LogP contribution >= 0.6 is 0 Å². The number of nitrogens with one attached hydrogen (secondary N) is 1. The second kappa shape index (κ2) is 13.1. The van der Waals surface area contributed by atoms with Crippen LogP contribution in [0.4, 0.5) is 5.69 Å². The van der Waals surface area contributed by atoms with Crippen LogP contribution in [0.1, 0.15) is 88.6 Å². The van der Waals surface area contributed by atoms with E-state index < -0.39 is 0 Å². The maximum absolute atomic E-state index is 13.3. The molecule has 168 valence electrons. The van der Waals surface area contributed by atoms with Gasteiger partial charge >= 0.3 is 0 Å². The summed E-state index contributed by atoms with van der Waals surface area (Å²) in [4.78, 5) is 25.4. The molecule has 3 heteroatoms. The molecular weight excluding hydrogens is 382 g/mol. The third kappa shape index (κ3) is 7.65. The molecule has 0 radical (unpaired) electrons. The van der Waals surface area contributed by atoms with Crippen molar-refractivity contribution in [3.05, 3.63) is 59.7 Å². The highest BCUT2D eigenvalue weighted by molar-refractivity contribution is 6.03. The van der Waals surface area contributed by atoms with E-state index in [1.54, 1.807) is 6.92 Å². The highest BCUT2D eigenvalue weighted by atomic mass is 16.1. The first-order valence-electron chi connectivity index (χ1n) is 11.9. The lowest BCUT2D eigenvalue weighted by atomic mass is 9.87. The van der Waals surface area contributed by atoms with Gasteiger partial charge in [-0.15, -0.1) is 0 Å². The van der Waals surface area contributed by atoms with Gasteiger partial charge < -0.3 is 5.32 Å². The molecule has 3 nitrogen and oxygen atoms in total. The summed E-state index contributed by atoms with van der Waals surface area (Å²) in [5, 5.41) is 3.57. The van der Waals surface area contributed by atoms with Crippen LogP contribution in [0.25, 0.3) is 5.57 Å². The summed E-state index contributed by atoms with van der Waals surface area (Å²) < 4.78 is 0. The standard InChI is InChI=1S/C28H39NO2/c1-5-8-13-24(21(4)30)18-28(31)26-17-16-25(29-20-22(6-2)7-3)19-27(26)23-14-11-9-10-12-15-23/h9-12,14,16-17,19,22,24,29H,5-8,13,15,18,20H2,1-4H3/t24-/m1/s1. The van der Waals surface area contributed by atoms with Crippen molar-refractivity contribution in [2.75, 3.05) is 11.9 Å². The van der Waals surface area contributed by atoms with Gasteiger partial charge in [0.1, 0.15) is 5.78 Å². The number of ketones is 2. The molecule has 0 amide bonds. The number of hydrogen-bond donors (Lipinski definition) is 1. The lowest BCUT2D eigenvalue weighted by Crippen LogP contribution is -2.17. The molecule has 1 aromatic rings. The summed E-state index contributed by atoms with van der Waals surface area (Å²) >= 11 is 0. The third-order valence-electron chi connectivity index (χ3n) is 6.32. The van der Waals surface area contributed by atoms with E-state index in [9.17, 15) is 9.59 Å². The molecule has 2 rings (SSSR count). The first-order chi connectivity index (χ1) is 15.0. The van der Waals surface area contributed by atoms with Gasteiger partial charge in [0.25, 0.3) is 0 Å². The van der Waals surface area contributed by atoms with Crippen LogP contribution in [0, 0.1) is 11.8 Å². The zero-order valence-corrected chi connectivity index (χ0v) is 19.7. The van der Waals surface area contributed by atoms with Gasteiger partial charge in [-0.3, -0.25) is 9.59 Å². The average Bonchev–Trinajstić information content (AvgIpc) is 3.06. The molecule has 1 aliphatic carbocycles. The number of carbonyl (C=O) groups is 2. The Bertz CT molecular complexity index is 827. The quantitative estimate of drug-likeness (QED) is 0.337. The predicted octanol–water partition coefficient (Wildman–Crippen LogP) is 7.40. The lowest BCUT2D eigenvalue weighted by molar-refractivity contribution is -0.120. The van der Waals surface area contributed by atoms with Crippen LogP contribution in [0.15, 0.2) is 48.6 Å². The Morgan fingerprint density at radius 1 is 1.06 bits per heavy atom. The third-order valence-corrected chi connectivity index (χ3v) is 6.32. The van der Waals surface area contributed by atoms with Crippen molar-refractivity contribution >= 4 is 22.8 Å². The Kier molecular flexibility index (Phi) is 10.5. The number of hydrogen-bond acceptors (Lipinski definition) is 3. The summed E-state index contributed by atoms with van der Waals surface area (Å²) in [6.45, 7) is 9.11. The minimum atomic E-state index is -0.184. The second-order valence-corrected chi connectivity index (χ2v) is 8.61. The monoisotopic (exact) mass is 421 g/mol. The summed E-state index contributed by atoms with van der Waals surface area (Å²) in [5.74, 6) is 0.640. The molecule has 0 saturated heterocycles. The van der Waals surface area contributed by atoms with Gasteiger partial charge in [0.2, 0.25) is 0 Å². The molecule has 0 aromatic heterocycles. The highest BCUT2D eigenvalue weighted by Gasteiger charge is 2.22. The van der Waals surface area contributed by atoms with E-state index in [1.807, 2.05) is 30.4 Å². The Labute approximate surface area is 188 Å². The predicted molar refractivity (Wildman–Crippen MR) is 133 cm³/mol. The van der Waals surface area contributed by atoms with Crippen molar-refractivity contribution in [2.45, 2.75) is 72.6 Å². The molecule has 0 saturated carbocycles. The first-order valence-corrected chi connectivity index (χ1v) is 11.9. The number of Topliss-reactive ketones (excluding diaryl/α,β-unsaturated/α-hetero) is 2. The van der Waals surface area contributed by atoms with Crippen molar-refractivity contribution in [1.82, 2.24) is 0 Å². The highest BCUT2D eigenvalue weighted by Crippen LogP contribution is 2.30. The first kappa shape index (κ1) is 24.8. The number of unbranched alkanes of at least 4 members (excludes halogenated alkanes) is 1. The number of carbonyl (C=O) groups excluding carboxylic acids is 2. The van der Waals surface area contributed by atoms with Crippen LogP contribution in [0.3, 0.4) is 0 Å². The maximum atomic E-state index is 13.3. The Morgan fingerprint density at radius 3 is 2.52 bits per heavy atom. The molecule has 1 aliphatic rings. The van der Waals surface area contributed by atoms with Crippen LogP contribution in [-0.4, -0.2) is 18.1 Å². The van der Waals surface area contributed by atoms with E-state index in [0.717, 1.165) is 67.5 Å². The number of benzene rings is 1. The molecule has 0 unspecified atom stereocenters. The smallest absolute Gasteiger partial charge is 0.164 e. The SMILES string of the molecule is CCCC[C@H](CC(=O)c1ccc(NCC(CC)CC)cc1C1=CC=CC=CC1)C(C)=O. The van der Waals surface area contributed by atoms with Crippen LogP contribution in [0.5, 0.6) is 0 Å². The van der Waals surface area contributed by atoms with Gasteiger partial charge in [0.05, 0.1) is 0 Å². The molecule has 0 bridgehead atoms. The van der Waals surface area contributed by atoms with Gasteiger partial charge in [-0.25, -0.2) is 0 Å². The zero-order chi connectivity index (χ0) is 22.6. The summed E-state index contributed by atoms with van der Waals surface area (Å²) in [6, 6.07) is 6.07. The molecule has 31 heavy (non-hydrogen) atoms. The number of allylic oxidation sites excluding steroid dienone is 6. The molecular formula is C28H39NO2. The van der Waals surface area contributed by atoms with Gasteiger partial charge in [0, 0.05) is 30.1 Å². The van der Waals surface area contributed by atoms with E-state index in [0.29, 0.717) is 12.3 Å². The molecule has 1 atom stereocenters. The fourth-order valence-corrected chi connectivity index (χ4v) is 4.01. The van der Waals surface area contributed by atoms with E-state index >= 15 is 0 Å². The Hall–Kier alpha value is -2.42. The molecule has 0 heterocycles. The van der Waals surface area contributed by atoms with Gasteiger partial charge in [0.15, 0.2) is 5.78 Å². The Balaban J connectivity index is 2.32. The van der Waals surface area contributed by atoms with Crippen molar-refractivity contribution < 1.29 is 9.59 Å². The second-order valence-electron chi connectivity index (χ2n) is 8.61. The lowest BCUT2D eigenvalue weighted by Gasteiger charge is -2.18. The van der Waals surface area contributed by atoms with E-state index in [4.69, 9.17) is 0 Å². The van der Waals surface area contributed by atoms with Crippen LogP contribution in [-0.2, 0) is 4.79 Å². The minimum Gasteiger partial charge on any atom is -0.385 e. The fraction of sp³-hybridized carbons (Fsp3) is 0.500. The zero-order valence-electron chi connectivity index (χ0n) is 19.7. The van der Waals surface area contributed by atoms with Crippen molar-refractivity contribution in [2.24, 2.45) is 11.8 Å². The molecule has 0 aliphatic heterocycles. The molecule has 1 aromatic carbocycles. The van der Waals surface area contributed by atoms with Gasteiger partial charge in [-0.05, 0) is 55.0 Å². The molecule has 0 spiro atoms. The minimum absolute atomic E-state index is 0.0657. The van der Waals surface area contributed by atoms with E-state index in [-0.39, 0.29) is 17.5 Å². The van der Waals surface area contributed by atoms with Crippen LogP contribution < -0.4 is 5.32 Å². The average molecular weight is 422 g/mol. The van der Waals surface area contributed by atoms with Gasteiger partial charge in [-0.2, -0.15) is 0 Å². The molecule has 1 N–H and O–H groups in total. The topological polar surface area (TPSA) is 46.2 Å². The van der Waals surface area contributed by atoms with Gasteiger partial charge in [-0.1, -0.05) is 76.8 Å². The normalized spacial score (nSPS) is 14.3. The van der Waals surface area contributed by atoms with Crippen molar-refractivity contribution in [3.8, 4) is 0 Å². The van der Waals surface area contributed by atoms with E-state index in [1.165, 1.54) is 0 Å².